The van der Waals surface area contributed by atoms with Gasteiger partial charge < -0.3 is 10.1 Å². The highest BCUT2D eigenvalue weighted by Gasteiger charge is 2.28. The summed E-state index contributed by atoms with van der Waals surface area (Å²) >= 11 is 6.26. The zero-order valence-electron chi connectivity index (χ0n) is 18.8. The van der Waals surface area contributed by atoms with Gasteiger partial charge in [-0.3, -0.25) is 9.10 Å². The molecular weight excluding hydrogens is 460 g/mol. The first-order valence-electron chi connectivity index (χ1n) is 10.5. The topological polar surface area (TPSA) is 75.7 Å². The molecule has 0 fully saturated rings. The number of amides is 1. The maximum absolute atomic E-state index is 13.5. The zero-order valence-corrected chi connectivity index (χ0v) is 20.4. The van der Waals surface area contributed by atoms with Crippen LogP contribution in [0.3, 0.4) is 0 Å². The van der Waals surface area contributed by atoms with Crippen LogP contribution < -0.4 is 14.4 Å². The summed E-state index contributed by atoms with van der Waals surface area (Å²) in [6.45, 7) is 3.61. The number of nitrogens with zero attached hydrogens (tertiary/aromatic N) is 1. The van der Waals surface area contributed by atoms with E-state index in [1.807, 2.05) is 31.2 Å². The summed E-state index contributed by atoms with van der Waals surface area (Å²) in [6.07, 6.45) is 0.587. The van der Waals surface area contributed by atoms with E-state index in [0.29, 0.717) is 29.2 Å². The Hall–Kier alpha value is -3.03. The molecule has 0 aliphatic rings. The number of methoxy groups -OCH3 is 1. The molecule has 1 amide bonds. The maximum Gasteiger partial charge on any atom is 0.264 e. The number of aryl methyl sites for hydroxylation is 1. The van der Waals surface area contributed by atoms with Crippen molar-refractivity contribution in [3.8, 4) is 5.75 Å². The average Bonchev–Trinajstić information content (AvgIpc) is 2.80. The second kappa shape index (κ2) is 10.7. The lowest BCUT2D eigenvalue weighted by Gasteiger charge is -2.26. The second-order valence-corrected chi connectivity index (χ2v) is 9.93. The van der Waals surface area contributed by atoms with Gasteiger partial charge in [-0.25, -0.2) is 8.42 Å². The minimum Gasteiger partial charge on any atom is -0.497 e. The number of anilines is 1. The van der Waals surface area contributed by atoms with E-state index in [-0.39, 0.29) is 11.4 Å². The van der Waals surface area contributed by atoms with Gasteiger partial charge in [-0.2, -0.15) is 0 Å². The quantitative estimate of drug-likeness (QED) is 0.482. The van der Waals surface area contributed by atoms with Gasteiger partial charge in [0.05, 0.1) is 17.7 Å². The standard InChI is InChI=1S/C25H27ClN2O4S/c1-18-10-12-22(13-11-18)33(30,31)28(24-9-5-8-23(26)19(24)2)17-25(29)27-15-14-20-6-4-7-21(16-20)32-3/h4-13,16H,14-15,17H2,1-3H3,(H,27,29). The van der Waals surface area contributed by atoms with E-state index in [0.717, 1.165) is 21.2 Å². The van der Waals surface area contributed by atoms with Crippen LogP contribution >= 0.6 is 11.6 Å². The first-order valence-corrected chi connectivity index (χ1v) is 12.3. The van der Waals surface area contributed by atoms with Crippen LogP contribution in [-0.4, -0.2) is 34.5 Å². The molecule has 3 aromatic rings. The Morgan fingerprint density at radius 2 is 1.73 bits per heavy atom. The molecule has 3 aromatic carbocycles. The molecule has 6 nitrogen and oxygen atoms in total. The van der Waals surface area contributed by atoms with Gasteiger partial charge in [0, 0.05) is 11.6 Å². The highest BCUT2D eigenvalue weighted by Crippen LogP contribution is 2.30. The number of hydrogen-bond donors (Lipinski definition) is 1. The van der Waals surface area contributed by atoms with E-state index in [1.165, 1.54) is 12.1 Å². The van der Waals surface area contributed by atoms with Crippen molar-refractivity contribution >= 4 is 33.2 Å². The molecule has 0 atom stereocenters. The third kappa shape index (κ3) is 6.06. The van der Waals surface area contributed by atoms with Gasteiger partial charge in [-0.05, 0) is 67.8 Å². The van der Waals surface area contributed by atoms with E-state index in [2.05, 4.69) is 5.32 Å². The molecule has 33 heavy (non-hydrogen) atoms. The highest BCUT2D eigenvalue weighted by molar-refractivity contribution is 7.92. The summed E-state index contributed by atoms with van der Waals surface area (Å²) in [4.78, 5) is 12.9. The highest BCUT2D eigenvalue weighted by atomic mass is 35.5. The summed E-state index contributed by atoms with van der Waals surface area (Å²) in [5, 5.41) is 3.24. The van der Waals surface area contributed by atoms with Crippen molar-refractivity contribution in [2.45, 2.75) is 25.2 Å². The van der Waals surface area contributed by atoms with Crippen LogP contribution in [0.15, 0.2) is 71.6 Å². The summed E-state index contributed by atoms with van der Waals surface area (Å²) in [7, 11) is -2.40. The van der Waals surface area contributed by atoms with Gasteiger partial charge >= 0.3 is 0 Å². The maximum atomic E-state index is 13.5. The number of rotatable bonds is 9. The lowest BCUT2D eigenvalue weighted by Crippen LogP contribution is -2.41. The van der Waals surface area contributed by atoms with E-state index >= 15 is 0 Å². The molecule has 0 aromatic heterocycles. The van der Waals surface area contributed by atoms with E-state index in [9.17, 15) is 13.2 Å². The Bertz CT molecular complexity index is 1230. The number of benzene rings is 3. The minimum absolute atomic E-state index is 0.108. The number of carbonyl (C=O) groups is 1. The second-order valence-electron chi connectivity index (χ2n) is 7.66. The molecule has 1 N–H and O–H groups in total. The van der Waals surface area contributed by atoms with E-state index in [1.54, 1.807) is 44.4 Å². The van der Waals surface area contributed by atoms with E-state index < -0.39 is 15.9 Å². The fourth-order valence-electron chi connectivity index (χ4n) is 3.36. The monoisotopic (exact) mass is 486 g/mol. The third-order valence-corrected chi connectivity index (χ3v) is 7.46. The van der Waals surface area contributed by atoms with Crippen molar-refractivity contribution < 1.29 is 17.9 Å². The molecule has 0 bridgehead atoms. The number of nitrogens with one attached hydrogen (secondary N) is 1. The largest absolute Gasteiger partial charge is 0.497 e. The summed E-state index contributed by atoms with van der Waals surface area (Å²) in [6, 6.07) is 19.1. The molecule has 8 heteroatoms. The van der Waals surface area contributed by atoms with Crippen LogP contribution in [0.4, 0.5) is 5.69 Å². The predicted molar refractivity (Wildman–Crippen MR) is 132 cm³/mol. The number of hydrogen-bond acceptors (Lipinski definition) is 4. The van der Waals surface area contributed by atoms with Gasteiger partial charge in [-0.1, -0.05) is 47.5 Å². The Labute approximate surface area is 200 Å². The molecule has 0 heterocycles. The fourth-order valence-corrected chi connectivity index (χ4v) is 5.01. The Morgan fingerprint density at radius 1 is 1.03 bits per heavy atom. The molecule has 0 aliphatic heterocycles. The zero-order chi connectivity index (χ0) is 24.0. The molecule has 3 rings (SSSR count). The Morgan fingerprint density at radius 3 is 2.42 bits per heavy atom. The van der Waals surface area contributed by atoms with Crippen LogP contribution in [0.1, 0.15) is 16.7 Å². The van der Waals surface area contributed by atoms with Crippen molar-refractivity contribution in [3.05, 3.63) is 88.4 Å². The van der Waals surface area contributed by atoms with Crippen LogP contribution in [0.25, 0.3) is 0 Å². The van der Waals surface area contributed by atoms with Gasteiger partial charge in [-0.15, -0.1) is 0 Å². The molecule has 174 valence electrons. The number of ether oxygens (including phenoxy) is 1. The van der Waals surface area contributed by atoms with Crippen molar-refractivity contribution in [2.75, 3.05) is 24.5 Å². The molecule has 0 aliphatic carbocycles. The van der Waals surface area contributed by atoms with Crippen LogP contribution in [-0.2, 0) is 21.2 Å². The third-order valence-electron chi connectivity index (χ3n) is 5.27. The summed E-state index contributed by atoms with van der Waals surface area (Å²) in [5.74, 6) is 0.332. The van der Waals surface area contributed by atoms with Crippen molar-refractivity contribution in [3.63, 3.8) is 0 Å². The van der Waals surface area contributed by atoms with Crippen molar-refractivity contribution in [1.29, 1.82) is 0 Å². The SMILES string of the molecule is COc1cccc(CCNC(=O)CN(c2cccc(Cl)c2C)S(=O)(=O)c2ccc(C)cc2)c1. The van der Waals surface area contributed by atoms with Gasteiger partial charge in [0.25, 0.3) is 10.0 Å². The molecule has 0 spiro atoms. The van der Waals surface area contributed by atoms with Crippen LogP contribution in [0.2, 0.25) is 5.02 Å². The normalized spacial score (nSPS) is 11.2. The minimum atomic E-state index is -3.99. The summed E-state index contributed by atoms with van der Waals surface area (Å²) in [5.41, 5.74) is 2.89. The Balaban J connectivity index is 1.81. The van der Waals surface area contributed by atoms with Crippen LogP contribution in [0, 0.1) is 13.8 Å². The molecule has 0 unspecified atom stereocenters. The molecule has 0 saturated heterocycles. The van der Waals surface area contributed by atoms with Crippen molar-refractivity contribution in [2.24, 2.45) is 0 Å². The number of sulfonamides is 1. The summed E-state index contributed by atoms with van der Waals surface area (Å²) < 4.78 is 33.3. The molecular formula is C25H27ClN2O4S. The molecule has 0 saturated carbocycles. The molecule has 0 radical (unpaired) electrons. The lowest BCUT2D eigenvalue weighted by atomic mass is 10.1. The first-order chi connectivity index (χ1) is 15.7. The van der Waals surface area contributed by atoms with Gasteiger partial charge in [0.1, 0.15) is 12.3 Å². The first kappa shape index (κ1) is 24.6. The smallest absolute Gasteiger partial charge is 0.264 e. The van der Waals surface area contributed by atoms with Crippen LogP contribution in [0.5, 0.6) is 5.75 Å². The van der Waals surface area contributed by atoms with E-state index in [4.69, 9.17) is 16.3 Å². The lowest BCUT2D eigenvalue weighted by molar-refractivity contribution is -0.119. The van der Waals surface area contributed by atoms with Gasteiger partial charge in [0.15, 0.2) is 0 Å². The Kier molecular flexibility index (Phi) is 8.00. The van der Waals surface area contributed by atoms with Crippen molar-refractivity contribution in [1.82, 2.24) is 5.32 Å². The average molecular weight is 487 g/mol. The number of carbonyl (C=O) groups excluding carboxylic acids is 1. The fraction of sp³-hybridized carbons (Fsp3) is 0.240. The predicted octanol–water partition coefficient (Wildman–Crippen LogP) is 4.52. The van der Waals surface area contributed by atoms with Gasteiger partial charge in [0.2, 0.25) is 5.91 Å². The number of halogens is 1.